The van der Waals surface area contributed by atoms with Crippen LogP contribution in [0.5, 0.6) is 0 Å². The predicted molar refractivity (Wildman–Crippen MR) is 61.6 cm³/mol. The monoisotopic (exact) mass is 211 g/mol. The van der Waals surface area contributed by atoms with E-state index in [4.69, 9.17) is 0 Å². The van der Waals surface area contributed by atoms with Crippen molar-refractivity contribution in [3.8, 4) is 0 Å². The van der Waals surface area contributed by atoms with Crippen LogP contribution in [0, 0.1) is 0 Å². The number of ketones is 1. The van der Waals surface area contributed by atoms with E-state index in [2.05, 4.69) is 6.58 Å². The van der Waals surface area contributed by atoms with Crippen LogP contribution in [0.4, 0.5) is 0 Å². The van der Waals surface area contributed by atoms with E-state index in [9.17, 15) is 9.59 Å². The Morgan fingerprint density at radius 2 is 1.87 bits per heavy atom. The van der Waals surface area contributed by atoms with Gasteiger partial charge in [0.25, 0.3) is 0 Å². The van der Waals surface area contributed by atoms with Crippen molar-refractivity contribution in [1.82, 2.24) is 4.90 Å². The Balaban J connectivity index is 3.49. The summed E-state index contributed by atoms with van der Waals surface area (Å²) in [6.07, 6.45) is 6.47. The molecule has 0 N–H and O–H groups in total. The fourth-order valence-corrected chi connectivity index (χ4v) is 1.20. The summed E-state index contributed by atoms with van der Waals surface area (Å²) in [5.74, 6) is -0.0570. The number of hydrogen-bond acceptors (Lipinski definition) is 2. The SMILES string of the molecule is C=CCCCCCC(=O)CC(=O)N(C)C. The zero-order valence-corrected chi connectivity index (χ0v) is 9.79. The first-order valence-corrected chi connectivity index (χ1v) is 5.40. The molecule has 0 heterocycles. The van der Waals surface area contributed by atoms with E-state index < -0.39 is 0 Å². The van der Waals surface area contributed by atoms with Crippen molar-refractivity contribution in [1.29, 1.82) is 0 Å². The van der Waals surface area contributed by atoms with E-state index in [1.165, 1.54) is 4.90 Å². The predicted octanol–water partition coefficient (Wildman–Crippen LogP) is 2.17. The van der Waals surface area contributed by atoms with Crippen molar-refractivity contribution in [3.63, 3.8) is 0 Å². The summed E-state index contributed by atoms with van der Waals surface area (Å²) in [6, 6.07) is 0. The summed E-state index contributed by atoms with van der Waals surface area (Å²) in [7, 11) is 3.33. The highest BCUT2D eigenvalue weighted by atomic mass is 16.2. The summed E-state index contributed by atoms with van der Waals surface area (Å²) in [5.41, 5.74) is 0. The average molecular weight is 211 g/mol. The Morgan fingerprint density at radius 1 is 1.20 bits per heavy atom. The highest BCUT2D eigenvalue weighted by Crippen LogP contribution is 2.05. The fourth-order valence-electron chi connectivity index (χ4n) is 1.20. The normalized spacial score (nSPS) is 9.73. The van der Waals surface area contributed by atoms with Crippen LogP contribution in [-0.4, -0.2) is 30.7 Å². The van der Waals surface area contributed by atoms with Crippen LogP contribution in [0.15, 0.2) is 12.7 Å². The van der Waals surface area contributed by atoms with Crippen molar-refractivity contribution in [2.75, 3.05) is 14.1 Å². The zero-order chi connectivity index (χ0) is 11.7. The zero-order valence-electron chi connectivity index (χ0n) is 9.79. The molecule has 0 fully saturated rings. The number of hydrogen-bond donors (Lipinski definition) is 0. The third-order valence-electron chi connectivity index (χ3n) is 2.21. The van der Waals surface area contributed by atoms with Gasteiger partial charge >= 0.3 is 0 Å². The lowest BCUT2D eigenvalue weighted by Crippen LogP contribution is -2.24. The van der Waals surface area contributed by atoms with Crippen molar-refractivity contribution in [2.45, 2.75) is 38.5 Å². The number of carbonyl (C=O) groups excluding carboxylic acids is 2. The van der Waals surface area contributed by atoms with Gasteiger partial charge in [-0.25, -0.2) is 0 Å². The van der Waals surface area contributed by atoms with E-state index >= 15 is 0 Å². The van der Waals surface area contributed by atoms with Gasteiger partial charge in [0.05, 0.1) is 6.42 Å². The Bertz CT molecular complexity index is 222. The smallest absolute Gasteiger partial charge is 0.229 e. The molecule has 3 heteroatoms. The fraction of sp³-hybridized carbons (Fsp3) is 0.667. The van der Waals surface area contributed by atoms with Crippen LogP contribution >= 0.6 is 0 Å². The molecule has 0 aromatic rings. The highest BCUT2D eigenvalue weighted by Gasteiger charge is 2.10. The van der Waals surface area contributed by atoms with Crippen LogP contribution in [-0.2, 0) is 9.59 Å². The molecular formula is C12H21NO2. The second-order valence-electron chi connectivity index (χ2n) is 3.89. The molecule has 0 aliphatic rings. The number of amides is 1. The lowest BCUT2D eigenvalue weighted by molar-refractivity contribution is -0.133. The van der Waals surface area contributed by atoms with Crippen molar-refractivity contribution in [2.24, 2.45) is 0 Å². The quantitative estimate of drug-likeness (QED) is 0.350. The molecule has 0 spiro atoms. The summed E-state index contributed by atoms with van der Waals surface area (Å²) < 4.78 is 0. The topological polar surface area (TPSA) is 37.4 Å². The highest BCUT2D eigenvalue weighted by molar-refractivity contribution is 5.97. The largest absolute Gasteiger partial charge is 0.348 e. The number of unbranched alkanes of at least 4 members (excludes halogenated alkanes) is 3. The van der Waals surface area contributed by atoms with Gasteiger partial charge in [-0.1, -0.05) is 12.5 Å². The van der Waals surface area contributed by atoms with E-state index in [0.717, 1.165) is 25.7 Å². The molecule has 0 saturated heterocycles. The maximum atomic E-state index is 11.3. The van der Waals surface area contributed by atoms with E-state index in [1.807, 2.05) is 6.08 Å². The second-order valence-corrected chi connectivity index (χ2v) is 3.89. The van der Waals surface area contributed by atoms with Crippen molar-refractivity contribution in [3.05, 3.63) is 12.7 Å². The summed E-state index contributed by atoms with van der Waals surface area (Å²) in [5, 5.41) is 0. The van der Waals surface area contributed by atoms with Crippen LogP contribution in [0.3, 0.4) is 0 Å². The molecule has 86 valence electrons. The summed E-state index contributed by atoms with van der Waals surface area (Å²) in [6.45, 7) is 3.64. The molecule has 0 atom stereocenters. The second kappa shape index (κ2) is 8.21. The Hall–Kier alpha value is -1.12. The average Bonchev–Trinajstić information content (AvgIpc) is 2.17. The number of allylic oxidation sites excluding steroid dienone is 1. The van der Waals surface area contributed by atoms with E-state index in [1.54, 1.807) is 14.1 Å². The van der Waals surface area contributed by atoms with Gasteiger partial charge in [-0.05, 0) is 19.3 Å². The molecule has 0 unspecified atom stereocenters. The molecule has 0 bridgehead atoms. The van der Waals surface area contributed by atoms with Crippen molar-refractivity contribution >= 4 is 11.7 Å². The lowest BCUT2D eigenvalue weighted by Gasteiger charge is -2.08. The molecule has 15 heavy (non-hydrogen) atoms. The first-order valence-electron chi connectivity index (χ1n) is 5.40. The molecule has 0 saturated carbocycles. The minimum Gasteiger partial charge on any atom is -0.348 e. The number of rotatable bonds is 8. The van der Waals surface area contributed by atoms with Gasteiger partial charge in [-0.2, -0.15) is 0 Å². The maximum absolute atomic E-state index is 11.3. The van der Waals surface area contributed by atoms with Gasteiger partial charge in [0.2, 0.25) is 5.91 Å². The van der Waals surface area contributed by atoms with Gasteiger partial charge in [-0.3, -0.25) is 9.59 Å². The molecule has 1 amide bonds. The van der Waals surface area contributed by atoms with Crippen molar-refractivity contribution < 1.29 is 9.59 Å². The third-order valence-corrected chi connectivity index (χ3v) is 2.21. The van der Waals surface area contributed by atoms with E-state index in [0.29, 0.717) is 6.42 Å². The Morgan fingerprint density at radius 3 is 2.40 bits per heavy atom. The Kier molecular flexibility index (Phi) is 7.60. The van der Waals surface area contributed by atoms with Crippen LogP contribution in [0.25, 0.3) is 0 Å². The van der Waals surface area contributed by atoms with E-state index in [-0.39, 0.29) is 18.1 Å². The maximum Gasteiger partial charge on any atom is 0.229 e. The molecular weight excluding hydrogens is 190 g/mol. The molecule has 0 radical (unpaired) electrons. The molecule has 0 aliphatic heterocycles. The van der Waals surface area contributed by atoms with Gasteiger partial charge in [0.15, 0.2) is 0 Å². The minimum atomic E-state index is -0.105. The van der Waals surface area contributed by atoms with Crippen LogP contribution in [0.1, 0.15) is 38.5 Å². The summed E-state index contributed by atoms with van der Waals surface area (Å²) in [4.78, 5) is 24.0. The lowest BCUT2D eigenvalue weighted by atomic mass is 10.1. The molecule has 0 aromatic heterocycles. The van der Waals surface area contributed by atoms with Gasteiger partial charge in [-0.15, -0.1) is 6.58 Å². The first-order chi connectivity index (χ1) is 7.07. The summed E-state index contributed by atoms with van der Waals surface area (Å²) >= 11 is 0. The van der Waals surface area contributed by atoms with Gasteiger partial charge in [0, 0.05) is 20.5 Å². The third kappa shape index (κ3) is 7.91. The molecule has 3 nitrogen and oxygen atoms in total. The van der Waals surface area contributed by atoms with Crippen LogP contribution in [0.2, 0.25) is 0 Å². The van der Waals surface area contributed by atoms with Gasteiger partial charge < -0.3 is 4.90 Å². The molecule has 0 rings (SSSR count). The first kappa shape index (κ1) is 13.9. The molecule has 0 aliphatic carbocycles. The Labute approximate surface area is 92.1 Å². The number of carbonyl (C=O) groups is 2. The van der Waals surface area contributed by atoms with Crippen LogP contribution < -0.4 is 0 Å². The van der Waals surface area contributed by atoms with Gasteiger partial charge in [0.1, 0.15) is 5.78 Å². The standard InChI is InChI=1S/C12H21NO2/c1-4-5-6-7-8-9-11(14)10-12(15)13(2)3/h4H,1,5-10H2,2-3H3. The minimum absolute atomic E-state index is 0.0484. The molecule has 0 aromatic carbocycles. The number of Topliss-reactive ketones (excluding diaryl/α,β-unsaturated/α-hetero) is 1. The number of nitrogens with zero attached hydrogens (tertiary/aromatic N) is 1.